The molecule has 0 heterocycles. The third-order valence-corrected chi connectivity index (χ3v) is 7.96. The second kappa shape index (κ2) is 11.8. The van der Waals surface area contributed by atoms with Crippen molar-refractivity contribution in [3.63, 3.8) is 0 Å². The third-order valence-electron chi connectivity index (χ3n) is 6.19. The van der Waals surface area contributed by atoms with Gasteiger partial charge in [0, 0.05) is 5.56 Å². The van der Waals surface area contributed by atoms with E-state index in [2.05, 4.69) is 5.32 Å². The lowest BCUT2D eigenvalue weighted by molar-refractivity contribution is 0.0940. The number of ether oxygens (including phenoxy) is 2. The number of carbonyl (C=O) groups is 1. The Morgan fingerprint density at radius 2 is 1.45 bits per heavy atom. The SMILES string of the molecule is COc1ccc(S(=O)(=O)N(Cc2ccccc2)c2ccccc2C(=O)N[C@H](C)c2ccccc2OC)cc1. The summed E-state index contributed by atoms with van der Waals surface area (Å²) in [4.78, 5) is 13.7. The number of sulfonamides is 1. The largest absolute Gasteiger partial charge is 0.497 e. The number of nitrogens with zero attached hydrogens (tertiary/aromatic N) is 1. The maximum atomic E-state index is 14.0. The van der Waals surface area contributed by atoms with Crippen LogP contribution in [0, 0.1) is 0 Å². The van der Waals surface area contributed by atoms with Crippen LogP contribution in [0.2, 0.25) is 0 Å². The standard InChI is InChI=1S/C30H30N2O5S/c1-22(26-13-8-10-16-29(26)37-3)31-30(33)27-14-7-9-15-28(27)32(21-23-11-5-4-6-12-23)38(34,35)25-19-17-24(36-2)18-20-25/h4-20,22H,21H2,1-3H3,(H,31,33)/t22-/m1/s1. The molecule has 0 unspecified atom stereocenters. The van der Waals surface area contributed by atoms with E-state index in [9.17, 15) is 13.2 Å². The summed E-state index contributed by atoms with van der Waals surface area (Å²) in [6.07, 6.45) is 0. The zero-order valence-corrected chi connectivity index (χ0v) is 22.3. The minimum Gasteiger partial charge on any atom is -0.497 e. The predicted octanol–water partition coefficient (Wildman–Crippen LogP) is 5.59. The number of rotatable bonds is 10. The number of anilines is 1. The highest BCUT2D eigenvalue weighted by Crippen LogP contribution is 2.31. The lowest BCUT2D eigenvalue weighted by atomic mass is 10.1. The van der Waals surface area contributed by atoms with E-state index in [0.29, 0.717) is 11.5 Å². The van der Waals surface area contributed by atoms with E-state index >= 15 is 0 Å². The number of para-hydroxylation sites is 2. The molecule has 4 aromatic rings. The predicted molar refractivity (Wildman–Crippen MR) is 148 cm³/mol. The molecule has 0 spiro atoms. The van der Waals surface area contributed by atoms with Gasteiger partial charge in [-0.2, -0.15) is 0 Å². The van der Waals surface area contributed by atoms with E-state index in [1.165, 1.54) is 23.5 Å². The molecule has 0 fully saturated rings. The Bertz CT molecular complexity index is 1490. The number of benzene rings is 4. The van der Waals surface area contributed by atoms with Crippen LogP contribution in [0.25, 0.3) is 0 Å². The molecule has 0 aliphatic carbocycles. The first-order valence-corrected chi connectivity index (χ1v) is 13.5. The molecule has 7 nitrogen and oxygen atoms in total. The van der Waals surface area contributed by atoms with Crippen LogP contribution in [0.5, 0.6) is 11.5 Å². The lowest BCUT2D eigenvalue weighted by Crippen LogP contribution is -2.34. The van der Waals surface area contributed by atoms with Crippen molar-refractivity contribution in [2.45, 2.75) is 24.4 Å². The van der Waals surface area contributed by atoms with Gasteiger partial charge in [0.1, 0.15) is 11.5 Å². The van der Waals surface area contributed by atoms with Crippen molar-refractivity contribution in [3.05, 3.63) is 120 Å². The highest BCUT2D eigenvalue weighted by atomic mass is 32.2. The van der Waals surface area contributed by atoms with Crippen LogP contribution in [0.15, 0.2) is 108 Å². The highest BCUT2D eigenvalue weighted by Gasteiger charge is 2.29. The van der Waals surface area contributed by atoms with Gasteiger partial charge in [0.25, 0.3) is 15.9 Å². The highest BCUT2D eigenvalue weighted by molar-refractivity contribution is 7.92. The quantitative estimate of drug-likeness (QED) is 0.289. The number of nitrogens with one attached hydrogen (secondary N) is 1. The number of amides is 1. The molecule has 38 heavy (non-hydrogen) atoms. The summed E-state index contributed by atoms with van der Waals surface area (Å²) in [5.41, 5.74) is 2.11. The molecule has 8 heteroatoms. The Balaban J connectivity index is 1.74. The zero-order chi connectivity index (χ0) is 27.1. The summed E-state index contributed by atoms with van der Waals surface area (Å²) in [7, 11) is -0.949. The Kier molecular flexibility index (Phi) is 8.33. The molecule has 1 atom stereocenters. The van der Waals surface area contributed by atoms with Gasteiger partial charge in [0.05, 0.1) is 43.0 Å². The van der Waals surface area contributed by atoms with Crippen molar-refractivity contribution in [2.24, 2.45) is 0 Å². The van der Waals surface area contributed by atoms with Crippen molar-refractivity contribution in [1.82, 2.24) is 5.32 Å². The number of hydrogen-bond acceptors (Lipinski definition) is 5. The smallest absolute Gasteiger partial charge is 0.264 e. The molecular formula is C30H30N2O5S. The van der Waals surface area contributed by atoms with Gasteiger partial charge in [-0.25, -0.2) is 8.42 Å². The van der Waals surface area contributed by atoms with Gasteiger partial charge in [0.15, 0.2) is 0 Å². The molecule has 0 saturated carbocycles. The van der Waals surface area contributed by atoms with Crippen LogP contribution in [0.3, 0.4) is 0 Å². The Hall–Kier alpha value is -4.30. The molecule has 0 saturated heterocycles. The minimum absolute atomic E-state index is 0.0432. The monoisotopic (exact) mass is 530 g/mol. The molecule has 4 aromatic carbocycles. The summed E-state index contributed by atoms with van der Waals surface area (Å²) in [6.45, 7) is 1.90. The van der Waals surface area contributed by atoms with E-state index in [4.69, 9.17) is 9.47 Å². The number of hydrogen-bond donors (Lipinski definition) is 1. The first-order chi connectivity index (χ1) is 18.3. The van der Waals surface area contributed by atoms with E-state index < -0.39 is 15.9 Å². The fourth-order valence-corrected chi connectivity index (χ4v) is 5.65. The molecule has 0 aliphatic rings. The first kappa shape index (κ1) is 26.8. The molecule has 0 radical (unpaired) electrons. The minimum atomic E-state index is -4.05. The molecule has 0 aliphatic heterocycles. The molecular weight excluding hydrogens is 500 g/mol. The van der Waals surface area contributed by atoms with Gasteiger partial charge < -0.3 is 14.8 Å². The Morgan fingerprint density at radius 1 is 0.816 bits per heavy atom. The molecule has 4 rings (SSSR count). The van der Waals surface area contributed by atoms with Gasteiger partial charge in [-0.05, 0) is 55.0 Å². The van der Waals surface area contributed by atoms with Crippen LogP contribution in [0.4, 0.5) is 5.69 Å². The van der Waals surface area contributed by atoms with Crippen molar-refractivity contribution >= 4 is 21.6 Å². The van der Waals surface area contributed by atoms with Crippen LogP contribution in [-0.4, -0.2) is 28.5 Å². The normalized spacial score (nSPS) is 11.9. The van der Waals surface area contributed by atoms with Crippen molar-refractivity contribution in [1.29, 1.82) is 0 Å². The topological polar surface area (TPSA) is 84.9 Å². The second-order valence-electron chi connectivity index (χ2n) is 8.63. The molecule has 196 valence electrons. The second-order valence-corrected chi connectivity index (χ2v) is 10.5. The van der Waals surface area contributed by atoms with Gasteiger partial charge in [-0.1, -0.05) is 60.7 Å². The molecule has 0 bridgehead atoms. The van der Waals surface area contributed by atoms with Crippen LogP contribution in [-0.2, 0) is 16.6 Å². The fraction of sp³-hybridized carbons (Fsp3) is 0.167. The van der Waals surface area contributed by atoms with E-state index in [-0.39, 0.29) is 28.7 Å². The van der Waals surface area contributed by atoms with Crippen molar-refractivity contribution in [2.75, 3.05) is 18.5 Å². The molecule has 1 amide bonds. The third kappa shape index (κ3) is 5.81. The summed E-state index contributed by atoms with van der Waals surface area (Å²) in [5, 5.41) is 3.00. The maximum Gasteiger partial charge on any atom is 0.264 e. The van der Waals surface area contributed by atoms with Crippen LogP contribution in [0.1, 0.15) is 34.5 Å². The van der Waals surface area contributed by atoms with Gasteiger partial charge in [-0.3, -0.25) is 9.10 Å². The lowest BCUT2D eigenvalue weighted by Gasteiger charge is -2.27. The van der Waals surface area contributed by atoms with Gasteiger partial charge in [0.2, 0.25) is 0 Å². The number of carbonyl (C=O) groups excluding carboxylic acids is 1. The van der Waals surface area contributed by atoms with E-state index in [1.54, 1.807) is 43.5 Å². The van der Waals surface area contributed by atoms with Crippen molar-refractivity contribution in [3.8, 4) is 11.5 Å². The molecule has 1 N–H and O–H groups in total. The van der Waals surface area contributed by atoms with Gasteiger partial charge >= 0.3 is 0 Å². The molecule has 0 aromatic heterocycles. The summed E-state index contributed by atoms with van der Waals surface area (Å²) in [5.74, 6) is 0.798. The maximum absolute atomic E-state index is 14.0. The van der Waals surface area contributed by atoms with E-state index in [0.717, 1.165) is 11.1 Å². The van der Waals surface area contributed by atoms with Crippen LogP contribution < -0.4 is 19.1 Å². The summed E-state index contributed by atoms with van der Waals surface area (Å²) >= 11 is 0. The number of methoxy groups -OCH3 is 2. The first-order valence-electron chi connectivity index (χ1n) is 12.1. The van der Waals surface area contributed by atoms with E-state index in [1.807, 2.05) is 61.5 Å². The Morgan fingerprint density at radius 3 is 2.13 bits per heavy atom. The fourth-order valence-electron chi connectivity index (χ4n) is 4.18. The summed E-state index contributed by atoms with van der Waals surface area (Å²) < 4.78 is 39.9. The summed E-state index contributed by atoms with van der Waals surface area (Å²) in [6, 6.07) is 29.2. The van der Waals surface area contributed by atoms with Crippen molar-refractivity contribution < 1.29 is 22.7 Å². The Labute approximate surface area is 223 Å². The van der Waals surface area contributed by atoms with Gasteiger partial charge in [-0.15, -0.1) is 0 Å². The average Bonchev–Trinajstić information content (AvgIpc) is 2.96. The average molecular weight is 531 g/mol. The zero-order valence-electron chi connectivity index (χ0n) is 21.5. The van der Waals surface area contributed by atoms with Crippen LogP contribution >= 0.6 is 0 Å².